The van der Waals surface area contributed by atoms with Crippen LogP contribution in [0, 0.1) is 0 Å². The van der Waals surface area contributed by atoms with Crippen molar-refractivity contribution < 1.29 is 19.4 Å². The molecule has 21 heavy (non-hydrogen) atoms. The normalized spacial score (nSPS) is 19.5. The van der Waals surface area contributed by atoms with Gasteiger partial charge in [0.05, 0.1) is 0 Å². The van der Waals surface area contributed by atoms with Gasteiger partial charge in [0.25, 0.3) is 0 Å². The lowest BCUT2D eigenvalue weighted by Crippen LogP contribution is -2.14. The molecule has 5 heteroatoms. The van der Waals surface area contributed by atoms with E-state index in [0.29, 0.717) is 12.8 Å². The highest BCUT2D eigenvalue weighted by Gasteiger charge is 2.37. The van der Waals surface area contributed by atoms with Crippen LogP contribution in [0.3, 0.4) is 0 Å². The monoisotopic (exact) mass is 306 g/mol. The van der Waals surface area contributed by atoms with Gasteiger partial charge in [0.1, 0.15) is 5.57 Å². The SMILES string of the molecule is CC(S)CC(=O)C1=C(O)C(CCc2ccccc2)OC1=O. The number of Topliss-reactive ketones (excluding diaryl/α,β-unsaturated/α-hetero) is 1. The summed E-state index contributed by atoms with van der Waals surface area (Å²) in [5.74, 6) is -1.39. The molecule has 1 aromatic rings. The lowest BCUT2D eigenvalue weighted by molar-refractivity contribution is -0.141. The van der Waals surface area contributed by atoms with Gasteiger partial charge in [-0.2, -0.15) is 12.6 Å². The Bertz CT molecular complexity index is 563. The maximum absolute atomic E-state index is 11.9. The third kappa shape index (κ3) is 3.88. The van der Waals surface area contributed by atoms with Crippen LogP contribution in [0.2, 0.25) is 0 Å². The number of aryl methyl sites for hydroxylation is 1. The summed E-state index contributed by atoms with van der Waals surface area (Å²) < 4.78 is 5.10. The van der Waals surface area contributed by atoms with Crippen LogP contribution < -0.4 is 0 Å². The molecule has 2 rings (SSSR count). The van der Waals surface area contributed by atoms with Crippen molar-refractivity contribution in [3.05, 3.63) is 47.2 Å². The van der Waals surface area contributed by atoms with Crippen LogP contribution >= 0.6 is 12.6 Å². The first-order valence-electron chi connectivity index (χ1n) is 6.88. The van der Waals surface area contributed by atoms with Gasteiger partial charge in [0.15, 0.2) is 17.6 Å². The van der Waals surface area contributed by atoms with E-state index in [1.807, 2.05) is 30.3 Å². The molecule has 0 aliphatic carbocycles. The molecule has 0 spiro atoms. The molecule has 0 saturated carbocycles. The van der Waals surface area contributed by atoms with E-state index in [0.717, 1.165) is 5.56 Å². The lowest BCUT2D eigenvalue weighted by atomic mass is 10.0. The van der Waals surface area contributed by atoms with Crippen molar-refractivity contribution in [2.75, 3.05) is 0 Å². The molecule has 2 unspecified atom stereocenters. The highest BCUT2D eigenvalue weighted by molar-refractivity contribution is 7.80. The Balaban J connectivity index is 2.04. The fourth-order valence-corrected chi connectivity index (χ4v) is 2.44. The lowest BCUT2D eigenvalue weighted by Gasteiger charge is -2.09. The number of aliphatic hydroxyl groups is 1. The summed E-state index contributed by atoms with van der Waals surface area (Å²) in [6, 6.07) is 9.70. The Morgan fingerprint density at radius 1 is 1.38 bits per heavy atom. The van der Waals surface area contributed by atoms with Crippen molar-refractivity contribution in [3.8, 4) is 0 Å². The zero-order valence-electron chi connectivity index (χ0n) is 11.8. The Morgan fingerprint density at radius 2 is 2.05 bits per heavy atom. The zero-order chi connectivity index (χ0) is 15.4. The zero-order valence-corrected chi connectivity index (χ0v) is 12.7. The number of benzene rings is 1. The second kappa shape index (κ2) is 6.80. The van der Waals surface area contributed by atoms with Crippen molar-refractivity contribution in [3.63, 3.8) is 0 Å². The third-order valence-electron chi connectivity index (χ3n) is 3.31. The number of aliphatic hydroxyl groups excluding tert-OH is 1. The molecule has 1 aliphatic heterocycles. The van der Waals surface area contributed by atoms with Gasteiger partial charge in [-0.25, -0.2) is 4.79 Å². The van der Waals surface area contributed by atoms with E-state index in [2.05, 4.69) is 12.6 Å². The summed E-state index contributed by atoms with van der Waals surface area (Å²) in [6.07, 6.45) is 0.484. The van der Waals surface area contributed by atoms with Crippen LogP contribution in [0.4, 0.5) is 0 Å². The van der Waals surface area contributed by atoms with E-state index in [1.165, 1.54) is 0 Å². The molecular formula is C16H18O4S. The van der Waals surface area contributed by atoms with Gasteiger partial charge in [0.2, 0.25) is 0 Å². The van der Waals surface area contributed by atoms with Crippen molar-refractivity contribution >= 4 is 24.4 Å². The summed E-state index contributed by atoms with van der Waals surface area (Å²) in [5, 5.41) is 9.90. The van der Waals surface area contributed by atoms with Gasteiger partial charge in [-0.05, 0) is 18.4 Å². The molecule has 0 aromatic heterocycles. The number of rotatable bonds is 6. The highest BCUT2D eigenvalue weighted by Crippen LogP contribution is 2.26. The molecule has 1 aliphatic rings. The van der Waals surface area contributed by atoms with E-state index in [-0.39, 0.29) is 23.0 Å². The molecule has 112 valence electrons. The van der Waals surface area contributed by atoms with Crippen molar-refractivity contribution in [2.24, 2.45) is 0 Å². The van der Waals surface area contributed by atoms with E-state index in [9.17, 15) is 14.7 Å². The van der Waals surface area contributed by atoms with Crippen LogP contribution in [-0.4, -0.2) is 28.2 Å². The predicted octanol–water partition coefficient (Wildman–Crippen LogP) is 2.63. The minimum Gasteiger partial charge on any atom is -0.507 e. The van der Waals surface area contributed by atoms with Crippen LogP contribution in [0.15, 0.2) is 41.7 Å². The Labute approximate surface area is 129 Å². The minimum atomic E-state index is -0.732. The number of esters is 1. The average molecular weight is 306 g/mol. The molecule has 1 heterocycles. The van der Waals surface area contributed by atoms with Crippen molar-refractivity contribution in [2.45, 2.75) is 37.5 Å². The summed E-state index contributed by atoms with van der Waals surface area (Å²) in [5.41, 5.74) is 0.874. The number of carbonyl (C=O) groups is 2. The van der Waals surface area contributed by atoms with Crippen LogP contribution in [0.1, 0.15) is 25.3 Å². The topological polar surface area (TPSA) is 63.6 Å². The van der Waals surface area contributed by atoms with Crippen molar-refractivity contribution in [1.82, 2.24) is 0 Å². The highest BCUT2D eigenvalue weighted by atomic mass is 32.1. The maximum atomic E-state index is 11.9. The van der Waals surface area contributed by atoms with E-state index >= 15 is 0 Å². The average Bonchev–Trinajstić information content (AvgIpc) is 2.71. The molecular weight excluding hydrogens is 288 g/mol. The van der Waals surface area contributed by atoms with Gasteiger partial charge in [0, 0.05) is 11.7 Å². The molecule has 0 fully saturated rings. The largest absolute Gasteiger partial charge is 0.507 e. The number of hydrogen-bond donors (Lipinski definition) is 2. The second-order valence-electron chi connectivity index (χ2n) is 5.15. The first kappa shape index (κ1) is 15.6. The molecule has 2 atom stereocenters. The summed E-state index contributed by atoms with van der Waals surface area (Å²) in [7, 11) is 0. The summed E-state index contributed by atoms with van der Waals surface area (Å²) >= 11 is 4.12. The Morgan fingerprint density at radius 3 is 2.67 bits per heavy atom. The number of ether oxygens (including phenoxy) is 1. The number of hydrogen-bond acceptors (Lipinski definition) is 5. The van der Waals surface area contributed by atoms with Gasteiger partial charge in [-0.3, -0.25) is 4.79 Å². The first-order chi connectivity index (χ1) is 9.99. The molecule has 0 amide bonds. The summed E-state index contributed by atoms with van der Waals surface area (Å²) in [6.45, 7) is 1.76. The van der Waals surface area contributed by atoms with E-state index in [4.69, 9.17) is 4.74 Å². The number of cyclic esters (lactones) is 1. The standard InChI is InChI=1S/C16H18O4S/c1-10(21)9-12(17)14-15(18)13(20-16(14)19)8-7-11-5-3-2-4-6-11/h2-6,10,13,18,21H,7-9H2,1H3. The van der Waals surface area contributed by atoms with E-state index < -0.39 is 17.9 Å². The van der Waals surface area contributed by atoms with Gasteiger partial charge in [-0.1, -0.05) is 37.3 Å². The summed E-state index contributed by atoms with van der Waals surface area (Å²) in [4.78, 5) is 23.7. The molecule has 0 saturated heterocycles. The molecule has 1 aromatic carbocycles. The van der Waals surface area contributed by atoms with Crippen LogP contribution in [0.5, 0.6) is 0 Å². The van der Waals surface area contributed by atoms with Crippen molar-refractivity contribution in [1.29, 1.82) is 0 Å². The minimum absolute atomic E-state index is 0.100. The molecule has 0 radical (unpaired) electrons. The van der Waals surface area contributed by atoms with E-state index in [1.54, 1.807) is 6.92 Å². The first-order valence-corrected chi connectivity index (χ1v) is 7.40. The third-order valence-corrected chi connectivity index (χ3v) is 3.49. The Kier molecular flexibility index (Phi) is 5.07. The van der Waals surface area contributed by atoms with Crippen LogP contribution in [0.25, 0.3) is 0 Å². The molecule has 0 bridgehead atoms. The Hall–Kier alpha value is -1.75. The van der Waals surface area contributed by atoms with Gasteiger partial charge >= 0.3 is 5.97 Å². The number of carbonyl (C=O) groups excluding carboxylic acids is 2. The van der Waals surface area contributed by atoms with Crippen LogP contribution in [-0.2, 0) is 20.7 Å². The molecule has 1 N–H and O–H groups in total. The fraction of sp³-hybridized carbons (Fsp3) is 0.375. The maximum Gasteiger partial charge on any atom is 0.346 e. The fourth-order valence-electron chi connectivity index (χ4n) is 2.27. The molecule has 4 nitrogen and oxygen atoms in total. The van der Waals surface area contributed by atoms with Gasteiger partial charge < -0.3 is 9.84 Å². The predicted molar refractivity (Wildman–Crippen MR) is 82.4 cm³/mol. The van der Waals surface area contributed by atoms with Gasteiger partial charge in [-0.15, -0.1) is 0 Å². The second-order valence-corrected chi connectivity index (χ2v) is 6.04. The quantitative estimate of drug-likeness (QED) is 0.482. The number of ketones is 1. The number of thiol groups is 1. The smallest absolute Gasteiger partial charge is 0.346 e.